The van der Waals surface area contributed by atoms with Crippen LogP contribution in [0, 0.1) is 11.3 Å². The van der Waals surface area contributed by atoms with Gasteiger partial charge in [0, 0.05) is 6.42 Å². The summed E-state index contributed by atoms with van der Waals surface area (Å²) in [7, 11) is 0. The Labute approximate surface area is 76.7 Å². The number of carbonyl (C=O) groups is 1. The molecule has 0 spiro atoms. The zero-order valence-corrected chi connectivity index (χ0v) is 8.94. The van der Waals surface area contributed by atoms with Crippen LogP contribution in [0.1, 0.15) is 33.6 Å². The maximum Gasteiger partial charge on any atom is 0.147 e. The first-order chi connectivity index (χ1) is 4.93. The van der Waals surface area contributed by atoms with Crippen molar-refractivity contribution in [3.8, 4) is 0 Å². The molecule has 2 heteroatoms. The van der Waals surface area contributed by atoms with E-state index < -0.39 is 0 Å². The highest BCUT2D eigenvalue weighted by Crippen LogP contribution is 2.40. The maximum absolute atomic E-state index is 11.4. The molecule has 0 radical (unpaired) electrons. The molecule has 0 aromatic heterocycles. The van der Waals surface area contributed by atoms with Crippen LogP contribution in [0.25, 0.3) is 0 Å². The van der Waals surface area contributed by atoms with E-state index in [0.717, 1.165) is 12.8 Å². The third-order valence-electron chi connectivity index (χ3n) is 2.39. The Bertz CT molecular complexity index is 174. The quantitative estimate of drug-likeness (QED) is 0.572. The smallest absolute Gasteiger partial charge is 0.147 e. The van der Waals surface area contributed by atoms with Gasteiger partial charge < -0.3 is 0 Å². The van der Waals surface area contributed by atoms with Crippen molar-refractivity contribution in [2.45, 2.75) is 38.4 Å². The molecule has 0 unspecified atom stereocenters. The van der Waals surface area contributed by atoms with Crippen molar-refractivity contribution in [3.63, 3.8) is 0 Å². The number of hydrogen-bond acceptors (Lipinski definition) is 1. The summed E-state index contributed by atoms with van der Waals surface area (Å²) in [5.41, 5.74) is 0.148. The minimum Gasteiger partial charge on any atom is -0.298 e. The average molecular weight is 219 g/mol. The van der Waals surface area contributed by atoms with Crippen LogP contribution >= 0.6 is 15.9 Å². The number of carbonyl (C=O) groups excluding carboxylic acids is 1. The van der Waals surface area contributed by atoms with Gasteiger partial charge in [-0.3, -0.25) is 4.79 Å². The van der Waals surface area contributed by atoms with E-state index in [1.165, 1.54) is 0 Å². The molecule has 0 heterocycles. The highest BCUT2D eigenvalue weighted by atomic mass is 79.9. The molecule has 2 atom stereocenters. The molecule has 1 aliphatic carbocycles. The Morgan fingerprint density at radius 1 is 1.55 bits per heavy atom. The molecule has 64 valence electrons. The van der Waals surface area contributed by atoms with Crippen LogP contribution in [0.3, 0.4) is 0 Å². The summed E-state index contributed by atoms with van der Waals surface area (Å²) in [5, 5.41) is 0. The first-order valence-electron chi connectivity index (χ1n) is 4.10. The number of hydrogen-bond donors (Lipinski definition) is 0. The van der Waals surface area contributed by atoms with Crippen molar-refractivity contribution >= 4 is 21.7 Å². The number of rotatable bonds is 0. The van der Waals surface area contributed by atoms with Gasteiger partial charge in [-0.2, -0.15) is 0 Å². The van der Waals surface area contributed by atoms with Crippen molar-refractivity contribution in [3.05, 3.63) is 0 Å². The molecule has 0 N–H and O–H groups in total. The van der Waals surface area contributed by atoms with E-state index in [0.29, 0.717) is 11.7 Å². The summed E-state index contributed by atoms with van der Waals surface area (Å²) in [6.45, 7) is 6.46. The Hall–Kier alpha value is 0.150. The van der Waals surface area contributed by atoms with Crippen LogP contribution in [0.15, 0.2) is 0 Å². The van der Waals surface area contributed by atoms with Gasteiger partial charge in [0.15, 0.2) is 0 Å². The predicted octanol–water partition coefficient (Wildman–Crippen LogP) is 2.78. The van der Waals surface area contributed by atoms with Gasteiger partial charge in [0.05, 0.1) is 4.83 Å². The second-order valence-electron chi connectivity index (χ2n) is 4.33. The largest absolute Gasteiger partial charge is 0.298 e. The molecule has 11 heavy (non-hydrogen) atoms. The first-order valence-corrected chi connectivity index (χ1v) is 5.02. The Kier molecular flexibility index (Phi) is 2.43. The molecule has 1 aliphatic rings. The molecular weight excluding hydrogens is 204 g/mol. The molecule has 1 saturated carbocycles. The second-order valence-corrected chi connectivity index (χ2v) is 5.25. The lowest BCUT2D eigenvalue weighted by molar-refractivity contribution is -0.123. The van der Waals surface area contributed by atoms with Gasteiger partial charge in [-0.1, -0.05) is 36.7 Å². The van der Waals surface area contributed by atoms with E-state index in [1.807, 2.05) is 0 Å². The van der Waals surface area contributed by atoms with Crippen molar-refractivity contribution in [2.75, 3.05) is 0 Å². The van der Waals surface area contributed by atoms with Gasteiger partial charge >= 0.3 is 0 Å². The van der Waals surface area contributed by atoms with E-state index in [2.05, 4.69) is 36.7 Å². The zero-order chi connectivity index (χ0) is 8.65. The minimum atomic E-state index is 0.0752. The van der Waals surface area contributed by atoms with E-state index in [9.17, 15) is 4.79 Å². The molecule has 0 aliphatic heterocycles. The van der Waals surface area contributed by atoms with E-state index in [4.69, 9.17) is 0 Å². The lowest BCUT2D eigenvalue weighted by atomic mass is 9.72. The van der Waals surface area contributed by atoms with Gasteiger partial charge in [-0.15, -0.1) is 0 Å². The summed E-state index contributed by atoms with van der Waals surface area (Å²) < 4.78 is 0. The van der Waals surface area contributed by atoms with Crippen molar-refractivity contribution < 1.29 is 4.79 Å². The molecule has 0 saturated heterocycles. The summed E-state index contributed by atoms with van der Waals surface area (Å²) in [4.78, 5) is 11.4. The van der Waals surface area contributed by atoms with Gasteiger partial charge in [-0.25, -0.2) is 0 Å². The normalized spacial score (nSPS) is 37.3. The van der Waals surface area contributed by atoms with Gasteiger partial charge in [0.2, 0.25) is 0 Å². The standard InChI is InChI=1S/C9H15BrO/c1-6-4-7(11)8(10)9(2,3)5-6/h6,8H,4-5H2,1-3H3/t6-,8+/m1/s1. The highest BCUT2D eigenvalue weighted by Gasteiger charge is 2.38. The van der Waals surface area contributed by atoms with Gasteiger partial charge in [0.25, 0.3) is 0 Å². The summed E-state index contributed by atoms with van der Waals surface area (Å²) in [6.07, 6.45) is 1.90. The molecule has 1 nitrogen and oxygen atoms in total. The second kappa shape index (κ2) is 2.89. The lowest BCUT2D eigenvalue weighted by Gasteiger charge is -2.37. The van der Waals surface area contributed by atoms with E-state index in [1.54, 1.807) is 0 Å². The molecule has 0 aromatic rings. The Morgan fingerprint density at radius 3 is 2.55 bits per heavy atom. The number of Topliss-reactive ketones (excluding diaryl/α,β-unsaturated/α-hetero) is 1. The first kappa shape index (κ1) is 9.24. The van der Waals surface area contributed by atoms with Crippen LogP contribution in [-0.2, 0) is 4.79 Å². The maximum atomic E-state index is 11.4. The number of ketones is 1. The third kappa shape index (κ3) is 1.84. The fraction of sp³-hybridized carbons (Fsp3) is 0.889. The number of halogens is 1. The summed E-state index contributed by atoms with van der Waals surface area (Å²) in [6, 6.07) is 0. The predicted molar refractivity (Wildman–Crippen MR) is 49.9 cm³/mol. The van der Waals surface area contributed by atoms with E-state index >= 15 is 0 Å². The summed E-state index contributed by atoms with van der Waals surface area (Å²) in [5.74, 6) is 0.931. The molecule has 1 fully saturated rings. The molecular formula is C9H15BrO. The van der Waals surface area contributed by atoms with Crippen molar-refractivity contribution in [1.29, 1.82) is 0 Å². The van der Waals surface area contributed by atoms with Gasteiger partial charge in [-0.05, 0) is 17.8 Å². The molecule has 0 bridgehead atoms. The Morgan fingerprint density at radius 2 is 2.09 bits per heavy atom. The fourth-order valence-corrected chi connectivity index (χ4v) is 2.33. The fourth-order valence-electron chi connectivity index (χ4n) is 1.96. The van der Waals surface area contributed by atoms with Crippen molar-refractivity contribution in [1.82, 2.24) is 0 Å². The monoisotopic (exact) mass is 218 g/mol. The molecule has 0 amide bonds. The Balaban J connectivity index is 2.75. The van der Waals surface area contributed by atoms with Crippen molar-refractivity contribution in [2.24, 2.45) is 11.3 Å². The van der Waals surface area contributed by atoms with Crippen LogP contribution < -0.4 is 0 Å². The lowest BCUT2D eigenvalue weighted by Crippen LogP contribution is -2.38. The zero-order valence-electron chi connectivity index (χ0n) is 7.36. The summed E-state index contributed by atoms with van der Waals surface area (Å²) >= 11 is 3.45. The minimum absolute atomic E-state index is 0.0752. The highest BCUT2D eigenvalue weighted by molar-refractivity contribution is 9.10. The van der Waals surface area contributed by atoms with Crippen LogP contribution in [0.4, 0.5) is 0 Å². The van der Waals surface area contributed by atoms with Crippen LogP contribution in [0.2, 0.25) is 0 Å². The molecule has 1 rings (SSSR count). The number of alkyl halides is 1. The van der Waals surface area contributed by atoms with Gasteiger partial charge in [0.1, 0.15) is 5.78 Å². The van der Waals surface area contributed by atoms with E-state index in [-0.39, 0.29) is 10.2 Å². The van der Waals surface area contributed by atoms with Crippen LogP contribution in [-0.4, -0.2) is 10.6 Å². The SMILES string of the molecule is C[C@@H]1CC(=O)[C@H](Br)C(C)(C)C1. The molecule has 0 aromatic carbocycles. The van der Waals surface area contributed by atoms with Crippen LogP contribution in [0.5, 0.6) is 0 Å². The average Bonchev–Trinajstić information content (AvgIpc) is 1.81. The third-order valence-corrected chi connectivity index (χ3v) is 4.14. The topological polar surface area (TPSA) is 17.1 Å².